The number of ether oxygens (including phenoxy) is 1. The fourth-order valence-electron chi connectivity index (χ4n) is 3.45. The van der Waals surface area contributed by atoms with Crippen LogP contribution in [0.25, 0.3) is 10.6 Å². The van der Waals surface area contributed by atoms with Crippen LogP contribution in [0.15, 0.2) is 47.8 Å². The van der Waals surface area contributed by atoms with Crippen LogP contribution in [0.5, 0.6) is 0 Å². The van der Waals surface area contributed by atoms with Crippen LogP contribution >= 0.6 is 11.3 Å². The van der Waals surface area contributed by atoms with E-state index < -0.39 is 5.82 Å². The molecule has 7 nitrogen and oxygen atoms in total. The van der Waals surface area contributed by atoms with Crippen LogP contribution in [0.4, 0.5) is 15.8 Å². The van der Waals surface area contributed by atoms with Crippen molar-refractivity contribution in [2.45, 2.75) is 13.3 Å². The number of aromatic nitrogens is 1. The predicted octanol–water partition coefficient (Wildman–Crippen LogP) is 4.17. The second-order valence-corrected chi connectivity index (χ2v) is 8.63. The number of anilines is 2. The Morgan fingerprint density at radius 2 is 1.88 bits per heavy atom. The Bertz CT molecular complexity index is 1130. The maximum Gasteiger partial charge on any atom is 0.255 e. The lowest BCUT2D eigenvalue weighted by Crippen LogP contribution is -2.38. The highest BCUT2D eigenvalue weighted by molar-refractivity contribution is 7.13. The standard InChI is InChI=1S/C24H25FN4O3S/c1-16-15-33-24(26-16)18-4-2-17(3-5-18)23(31)27-19-6-7-20(25)21(14-19)28-22(30)8-9-29-10-12-32-13-11-29/h2-7,14-15H,8-13H2,1H3,(H,27,31)(H,28,30). The Morgan fingerprint density at radius 3 is 2.58 bits per heavy atom. The topological polar surface area (TPSA) is 83.6 Å². The summed E-state index contributed by atoms with van der Waals surface area (Å²) in [4.78, 5) is 31.5. The van der Waals surface area contributed by atoms with E-state index in [1.165, 1.54) is 18.2 Å². The number of rotatable bonds is 7. The molecule has 9 heteroatoms. The van der Waals surface area contributed by atoms with E-state index >= 15 is 0 Å². The van der Waals surface area contributed by atoms with Crippen molar-refractivity contribution in [3.05, 3.63) is 64.9 Å². The van der Waals surface area contributed by atoms with Gasteiger partial charge >= 0.3 is 0 Å². The maximum absolute atomic E-state index is 14.2. The Labute approximate surface area is 195 Å². The fourth-order valence-corrected chi connectivity index (χ4v) is 4.25. The molecule has 172 valence electrons. The molecule has 33 heavy (non-hydrogen) atoms. The average Bonchev–Trinajstić information content (AvgIpc) is 3.27. The highest BCUT2D eigenvalue weighted by atomic mass is 32.1. The maximum atomic E-state index is 14.2. The Hall–Kier alpha value is -3.14. The first-order valence-corrected chi connectivity index (χ1v) is 11.6. The van der Waals surface area contributed by atoms with Gasteiger partial charge in [-0.05, 0) is 37.3 Å². The van der Waals surface area contributed by atoms with E-state index in [0.717, 1.165) is 29.4 Å². The molecule has 2 heterocycles. The number of carbonyl (C=O) groups excluding carboxylic acids is 2. The molecule has 2 aromatic carbocycles. The van der Waals surface area contributed by atoms with Gasteiger partial charge in [-0.25, -0.2) is 9.37 Å². The van der Waals surface area contributed by atoms with E-state index in [9.17, 15) is 14.0 Å². The Kier molecular flexibility index (Phi) is 7.43. The number of nitrogens with zero attached hydrogens (tertiary/aromatic N) is 2. The Morgan fingerprint density at radius 1 is 1.12 bits per heavy atom. The second kappa shape index (κ2) is 10.7. The summed E-state index contributed by atoms with van der Waals surface area (Å²) in [5.41, 5.74) is 2.79. The van der Waals surface area contributed by atoms with Crippen LogP contribution in [0.2, 0.25) is 0 Å². The molecular formula is C24H25FN4O3S. The molecule has 0 radical (unpaired) electrons. The summed E-state index contributed by atoms with van der Waals surface area (Å²) in [5.74, 6) is -1.17. The van der Waals surface area contributed by atoms with Gasteiger partial charge in [0.1, 0.15) is 10.8 Å². The number of benzene rings is 2. The number of nitrogens with one attached hydrogen (secondary N) is 2. The highest BCUT2D eigenvalue weighted by Gasteiger charge is 2.14. The normalized spacial score (nSPS) is 14.1. The van der Waals surface area contributed by atoms with Crippen molar-refractivity contribution in [2.24, 2.45) is 0 Å². The molecule has 0 unspecified atom stereocenters. The van der Waals surface area contributed by atoms with Crippen molar-refractivity contribution in [3.8, 4) is 10.6 Å². The third kappa shape index (κ3) is 6.22. The summed E-state index contributed by atoms with van der Waals surface area (Å²) in [6.07, 6.45) is 0.251. The van der Waals surface area contributed by atoms with Crippen molar-refractivity contribution < 1.29 is 18.7 Å². The summed E-state index contributed by atoms with van der Waals surface area (Å²) >= 11 is 1.55. The second-order valence-electron chi connectivity index (χ2n) is 7.77. The van der Waals surface area contributed by atoms with Crippen LogP contribution in [0, 0.1) is 12.7 Å². The van der Waals surface area contributed by atoms with Gasteiger partial charge in [-0.1, -0.05) is 12.1 Å². The van der Waals surface area contributed by atoms with Gasteiger partial charge in [0, 0.05) is 53.9 Å². The first-order chi connectivity index (χ1) is 16.0. The Balaban J connectivity index is 1.35. The van der Waals surface area contributed by atoms with E-state index in [4.69, 9.17) is 4.74 Å². The molecule has 1 aromatic heterocycles. The lowest BCUT2D eigenvalue weighted by molar-refractivity contribution is -0.116. The van der Waals surface area contributed by atoms with Crippen LogP contribution in [-0.2, 0) is 9.53 Å². The molecule has 2 N–H and O–H groups in total. The first-order valence-electron chi connectivity index (χ1n) is 10.7. The number of amides is 2. The van der Waals surface area contributed by atoms with Gasteiger partial charge in [0.25, 0.3) is 5.91 Å². The predicted molar refractivity (Wildman–Crippen MR) is 127 cm³/mol. The van der Waals surface area contributed by atoms with E-state index in [0.29, 0.717) is 31.0 Å². The number of thiazole rings is 1. The van der Waals surface area contributed by atoms with Gasteiger partial charge in [-0.2, -0.15) is 0 Å². The molecule has 0 atom stereocenters. The highest BCUT2D eigenvalue weighted by Crippen LogP contribution is 2.24. The van der Waals surface area contributed by atoms with Crippen molar-refractivity contribution in [3.63, 3.8) is 0 Å². The third-order valence-electron chi connectivity index (χ3n) is 5.27. The number of halogens is 1. The van der Waals surface area contributed by atoms with Gasteiger partial charge < -0.3 is 15.4 Å². The summed E-state index contributed by atoms with van der Waals surface area (Å²) < 4.78 is 19.5. The van der Waals surface area contributed by atoms with Crippen LogP contribution < -0.4 is 10.6 Å². The van der Waals surface area contributed by atoms with Crippen molar-refractivity contribution in [1.82, 2.24) is 9.88 Å². The van der Waals surface area contributed by atoms with E-state index in [1.54, 1.807) is 23.5 Å². The number of morpholine rings is 1. The van der Waals surface area contributed by atoms with Crippen molar-refractivity contribution >= 4 is 34.5 Å². The van der Waals surface area contributed by atoms with Crippen molar-refractivity contribution in [2.75, 3.05) is 43.5 Å². The van der Waals surface area contributed by atoms with Gasteiger partial charge in [0.2, 0.25) is 5.91 Å². The molecule has 1 aliphatic heterocycles. The first kappa shape index (κ1) is 23.0. The molecule has 0 aliphatic carbocycles. The minimum Gasteiger partial charge on any atom is -0.379 e. The smallest absolute Gasteiger partial charge is 0.255 e. The van der Waals surface area contributed by atoms with E-state index in [1.807, 2.05) is 24.4 Å². The van der Waals surface area contributed by atoms with E-state index in [-0.39, 0.29) is 23.9 Å². The molecule has 1 fully saturated rings. The number of aryl methyl sites for hydroxylation is 1. The van der Waals surface area contributed by atoms with Gasteiger partial charge in [0.05, 0.1) is 18.9 Å². The van der Waals surface area contributed by atoms with Gasteiger partial charge in [-0.3, -0.25) is 14.5 Å². The molecule has 0 bridgehead atoms. The van der Waals surface area contributed by atoms with Gasteiger partial charge in [-0.15, -0.1) is 11.3 Å². The zero-order valence-electron chi connectivity index (χ0n) is 18.3. The molecular weight excluding hydrogens is 443 g/mol. The molecule has 1 saturated heterocycles. The molecule has 0 saturated carbocycles. The van der Waals surface area contributed by atoms with E-state index in [2.05, 4.69) is 20.5 Å². The summed E-state index contributed by atoms with van der Waals surface area (Å²) in [7, 11) is 0. The average molecular weight is 469 g/mol. The van der Waals surface area contributed by atoms with Crippen LogP contribution in [-0.4, -0.2) is 54.5 Å². The number of carbonyl (C=O) groups is 2. The van der Waals surface area contributed by atoms with Gasteiger partial charge in [0.15, 0.2) is 0 Å². The lowest BCUT2D eigenvalue weighted by atomic mass is 10.1. The zero-order valence-corrected chi connectivity index (χ0v) is 19.1. The summed E-state index contributed by atoms with van der Waals surface area (Å²) in [6.45, 7) is 5.41. The molecule has 2 amide bonds. The van der Waals surface area contributed by atoms with Crippen LogP contribution in [0.3, 0.4) is 0 Å². The van der Waals surface area contributed by atoms with Crippen molar-refractivity contribution in [1.29, 1.82) is 0 Å². The molecule has 0 spiro atoms. The molecule has 1 aliphatic rings. The quantitative estimate of drug-likeness (QED) is 0.544. The molecule has 4 rings (SSSR count). The lowest BCUT2D eigenvalue weighted by Gasteiger charge is -2.26. The minimum absolute atomic E-state index is 0.0364. The monoisotopic (exact) mass is 468 g/mol. The largest absolute Gasteiger partial charge is 0.379 e. The summed E-state index contributed by atoms with van der Waals surface area (Å²) in [5, 5.41) is 8.23. The van der Waals surface area contributed by atoms with Crippen LogP contribution in [0.1, 0.15) is 22.5 Å². The number of hydrogen-bond donors (Lipinski definition) is 2. The fraction of sp³-hybridized carbons (Fsp3) is 0.292. The minimum atomic E-state index is -0.559. The third-order valence-corrected chi connectivity index (χ3v) is 6.28. The zero-order chi connectivity index (χ0) is 23.2. The number of hydrogen-bond acceptors (Lipinski definition) is 6. The summed E-state index contributed by atoms with van der Waals surface area (Å²) in [6, 6.07) is 11.2. The molecule has 3 aromatic rings. The SMILES string of the molecule is Cc1csc(-c2ccc(C(=O)Nc3ccc(F)c(NC(=O)CCN4CCOCC4)c3)cc2)n1.